The number of ether oxygens (including phenoxy) is 2. The van der Waals surface area contributed by atoms with Gasteiger partial charge in [0.25, 0.3) is 0 Å². The molecule has 8 nitrogen and oxygen atoms in total. The molecule has 2 N–H and O–H groups in total. The van der Waals surface area contributed by atoms with Gasteiger partial charge in [-0.1, -0.05) is 13.8 Å². The fourth-order valence-electron chi connectivity index (χ4n) is 8.93. The van der Waals surface area contributed by atoms with Gasteiger partial charge in [-0.05, 0) is 81.5 Å². The second kappa shape index (κ2) is 6.39. The van der Waals surface area contributed by atoms with E-state index in [4.69, 9.17) is 9.47 Å². The van der Waals surface area contributed by atoms with Crippen LogP contribution in [0.4, 0.5) is 5.69 Å². The molecule has 0 aromatic heterocycles. The summed E-state index contributed by atoms with van der Waals surface area (Å²) >= 11 is 0. The Bertz CT molecular complexity index is 1270. The van der Waals surface area contributed by atoms with Crippen LogP contribution in [0.15, 0.2) is 18.4 Å². The number of nitrogens with one attached hydrogen (secondary N) is 1. The molecule has 3 spiro atoms. The zero-order chi connectivity index (χ0) is 25.5. The van der Waals surface area contributed by atoms with Crippen LogP contribution in [0.3, 0.4) is 0 Å². The molecule has 1 aliphatic carbocycles. The van der Waals surface area contributed by atoms with E-state index < -0.39 is 27.5 Å². The first-order valence-corrected chi connectivity index (χ1v) is 13.2. The summed E-state index contributed by atoms with van der Waals surface area (Å²) in [5.41, 5.74) is -1.64. The number of phenolic OH excluding ortho intramolecular Hbond substituents is 1. The summed E-state index contributed by atoms with van der Waals surface area (Å²) in [7, 11) is 1.95. The summed E-state index contributed by atoms with van der Waals surface area (Å²) in [6.07, 6.45) is 7.70. The third kappa shape index (κ3) is 2.27. The highest BCUT2D eigenvalue weighted by molar-refractivity contribution is 6.10. The molecule has 0 unspecified atom stereocenters. The Morgan fingerprint density at radius 1 is 1.14 bits per heavy atom. The highest BCUT2D eigenvalue weighted by Crippen LogP contribution is 2.72. The van der Waals surface area contributed by atoms with Gasteiger partial charge in [-0.25, -0.2) is 0 Å². The van der Waals surface area contributed by atoms with Crippen LogP contribution in [0.1, 0.15) is 65.4 Å². The van der Waals surface area contributed by atoms with Crippen LogP contribution >= 0.6 is 0 Å². The number of likely N-dealkylation sites (N-methyl/N-ethyl adjacent to an activating group) is 1. The van der Waals surface area contributed by atoms with Crippen molar-refractivity contribution in [2.24, 2.45) is 11.3 Å². The second-order valence-electron chi connectivity index (χ2n) is 13.0. The van der Waals surface area contributed by atoms with Gasteiger partial charge in [-0.15, -0.1) is 0 Å². The number of benzene rings is 1. The zero-order valence-corrected chi connectivity index (χ0v) is 21.7. The molecule has 8 rings (SSSR count). The van der Waals surface area contributed by atoms with E-state index in [1.807, 2.05) is 25.8 Å². The van der Waals surface area contributed by atoms with Crippen molar-refractivity contribution in [1.82, 2.24) is 9.80 Å². The Morgan fingerprint density at radius 2 is 1.92 bits per heavy atom. The van der Waals surface area contributed by atoms with Gasteiger partial charge in [0.15, 0.2) is 11.5 Å². The van der Waals surface area contributed by atoms with Crippen molar-refractivity contribution in [3.8, 4) is 17.2 Å². The Hall–Kier alpha value is -2.74. The highest BCUT2D eigenvalue weighted by atomic mass is 16.5. The Morgan fingerprint density at radius 3 is 2.69 bits per heavy atom. The minimum atomic E-state index is -0.914. The maximum Gasteiger partial charge on any atom is 0.243 e. The first-order valence-electron chi connectivity index (χ1n) is 13.2. The summed E-state index contributed by atoms with van der Waals surface area (Å²) in [6, 6.07) is 1.70. The van der Waals surface area contributed by atoms with Crippen molar-refractivity contribution in [3.05, 3.63) is 24.0 Å². The second-order valence-corrected chi connectivity index (χ2v) is 13.0. The predicted octanol–water partition coefficient (Wildman–Crippen LogP) is 3.53. The quantitative estimate of drug-likeness (QED) is 0.538. The van der Waals surface area contributed by atoms with Crippen molar-refractivity contribution in [2.45, 2.75) is 81.9 Å². The molecule has 8 heteroatoms. The third-order valence-corrected chi connectivity index (χ3v) is 10.8. The number of carbonyl (C=O) groups excluding carboxylic acids is 2. The number of phenols is 1. The maximum atomic E-state index is 14.2. The van der Waals surface area contributed by atoms with E-state index in [0.717, 1.165) is 44.3 Å². The topological polar surface area (TPSA) is 91.3 Å². The average molecular weight is 494 g/mol. The number of amides is 2. The minimum absolute atomic E-state index is 0.0377. The van der Waals surface area contributed by atoms with Crippen molar-refractivity contribution in [3.63, 3.8) is 0 Å². The predicted molar refractivity (Wildman–Crippen MR) is 133 cm³/mol. The van der Waals surface area contributed by atoms with E-state index in [-0.39, 0.29) is 29.2 Å². The molecule has 5 fully saturated rings. The minimum Gasteiger partial charge on any atom is -0.504 e. The van der Waals surface area contributed by atoms with Gasteiger partial charge in [0.1, 0.15) is 11.1 Å². The van der Waals surface area contributed by atoms with Crippen LogP contribution in [0.25, 0.3) is 0 Å². The molecule has 2 bridgehead atoms. The maximum absolute atomic E-state index is 14.2. The largest absolute Gasteiger partial charge is 0.504 e. The van der Waals surface area contributed by atoms with E-state index in [1.165, 1.54) is 0 Å². The van der Waals surface area contributed by atoms with Gasteiger partial charge in [0.05, 0.1) is 22.9 Å². The van der Waals surface area contributed by atoms with Gasteiger partial charge in [0, 0.05) is 13.6 Å². The molecule has 6 heterocycles. The number of hydrogen-bond donors (Lipinski definition) is 2. The van der Waals surface area contributed by atoms with Gasteiger partial charge >= 0.3 is 0 Å². The Kier molecular flexibility index (Phi) is 3.98. The van der Waals surface area contributed by atoms with Crippen molar-refractivity contribution in [2.75, 3.05) is 25.5 Å². The highest BCUT2D eigenvalue weighted by Gasteiger charge is 2.79. The number of anilines is 1. The molecular formula is C28H35N3O5. The van der Waals surface area contributed by atoms with Gasteiger partial charge < -0.3 is 24.8 Å². The number of rotatable bonds is 0. The lowest BCUT2D eigenvalue weighted by Crippen LogP contribution is -2.80. The van der Waals surface area contributed by atoms with E-state index >= 15 is 0 Å². The number of hydrogen-bond acceptors (Lipinski definition) is 6. The standard InChI is InChI=1S/C28H35N3O5/c1-24(2)9-11-35-21-19-16(12-17(32)20(21)36-24)28(22(33)29-19)14-27-15-31-10-7-6-8-26(31,23(34)30(27)5)13-18(27)25(28,3)4/h9,11-12,18,32H,6-8,10,13-15H2,1-5H3,(H,29,33)/t18-,26-,27+,28+/m0/s1. The van der Waals surface area contributed by atoms with Crippen LogP contribution in [-0.4, -0.2) is 63.5 Å². The molecule has 1 saturated carbocycles. The summed E-state index contributed by atoms with van der Waals surface area (Å²) < 4.78 is 12.1. The average Bonchev–Trinajstić information content (AvgIpc) is 3.12. The number of carbonyl (C=O) groups is 2. The first kappa shape index (κ1) is 22.5. The molecule has 4 atom stereocenters. The number of aromatic hydroxyl groups is 1. The molecule has 0 radical (unpaired) electrons. The smallest absolute Gasteiger partial charge is 0.243 e. The normalized spacial score (nSPS) is 39.0. The number of nitrogens with zero attached hydrogens (tertiary/aromatic N) is 2. The third-order valence-electron chi connectivity index (χ3n) is 10.8. The zero-order valence-electron chi connectivity index (χ0n) is 21.7. The first-order chi connectivity index (χ1) is 16.9. The number of fused-ring (bicyclic) bond motifs is 5. The van der Waals surface area contributed by atoms with Crippen molar-refractivity contribution < 1.29 is 24.2 Å². The molecule has 6 aliphatic heterocycles. The van der Waals surface area contributed by atoms with Crippen LogP contribution in [0, 0.1) is 11.3 Å². The van der Waals surface area contributed by atoms with Gasteiger partial charge in [0.2, 0.25) is 17.6 Å². The Labute approximate surface area is 211 Å². The van der Waals surface area contributed by atoms with Crippen LogP contribution < -0.4 is 14.8 Å². The fourth-order valence-corrected chi connectivity index (χ4v) is 8.93. The van der Waals surface area contributed by atoms with Crippen molar-refractivity contribution in [1.29, 1.82) is 0 Å². The monoisotopic (exact) mass is 493 g/mol. The lowest BCUT2D eigenvalue weighted by atomic mass is 9.56. The van der Waals surface area contributed by atoms with Gasteiger partial charge in [-0.2, -0.15) is 0 Å². The van der Waals surface area contributed by atoms with E-state index in [0.29, 0.717) is 17.9 Å². The number of piperazine rings is 1. The summed E-state index contributed by atoms with van der Waals surface area (Å²) in [5.74, 6) is 0.807. The molecular weight excluding hydrogens is 458 g/mol. The number of piperidine rings is 3. The summed E-state index contributed by atoms with van der Waals surface area (Å²) in [5, 5.41) is 14.3. The van der Waals surface area contributed by atoms with E-state index in [2.05, 4.69) is 24.1 Å². The lowest BCUT2D eigenvalue weighted by Gasteiger charge is -2.67. The van der Waals surface area contributed by atoms with Crippen LogP contribution in [0.5, 0.6) is 17.2 Å². The van der Waals surface area contributed by atoms with E-state index in [1.54, 1.807) is 18.4 Å². The Balaban J connectivity index is 1.43. The fraction of sp³-hybridized carbons (Fsp3) is 0.643. The van der Waals surface area contributed by atoms with E-state index in [9.17, 15) is 14.7 Å². The summed E-state index contributed by atoms with van der Waals surface area (Å²) in [6.45, 7) is 9.87. The van der Waals surface area contributed by atoms with Gasteiger partial charge in [-0.3, -0.25) is 14.5 Å². The SMILES string of the molecule is CN1C(=O)[C@@]23CCCCN2C[C@@]12C[C@@]1(C(=O)Nc4c1cc(O)c1c4OC=CC(C)(C)O1)C(C)(C)[C@@H]2C3. The molecule has 192 valence electrons. The summed E-state index contributed by atoms with van der Waals surface area (Å²) in [4.78, 5) is 32.5. The van der Waals surface area contributed by atoms with Crippen molar-refractivity contribution >= 4 is 17.5 Å². The molecule has 1 aromatic rings. The molecule has 36 heavy (non-hydrogen) atoms. The van der Waals surface area contributed by atoms with Crippen LogP contribution in [0.2, 0.25) is 0 Å². The molecule has 1 aromatic carbocycles. The lowest BCUT2D eigenvalue weighted by molar-refractivity contribution is -0.196. The molecule has 4 saturated heterocycles. The molecule has 2 amide bonds. The molecule has 7 aliphatic rings. The van der Waals surface area contributed by atoms with Crippen LogP contribution in [-0.2, 0) is 15.0 Å².